The Labute approximate surface area is 171 Å². The van der Waals surface area contributed by atoms with Gasteiger partial charge < -0.3 is 14.8 Å². The number of rotatable bonds is 2. The van der Waals surface area contributed by atoms with Gasteiger partial charge in [0.15, 0.2) is 5.65 Å². The van der Waals surface area contributed by atoms with E-state index in [1.807, 2.05) is 0 Å². The molecule has 1 saturated carbocycles. The molecule has 1 fully saturated rings. The Morgan fingerprint density at radius 3 is 2.19 bits per heavy atom. The Balaban J connectivity index is 1.87. The van der Waals surface area contributed by atoms with Crippen molar-refractivity contribution in [3.63, 3.8) is 0 Å². The highest BCUT2D eigenvalue weighted by Crippen LogP contribution is 2.46. The SMILES string of the molecule is Cc1cc(C(F)(F)F)cc(O)c1-c1cc2c(C(F)(F)F)cn(C3CC(C)(O)C3)c2nn1. The predicted molar refractivity (Wildman–Crippen MR) is 98.3 cm³/mol. The zero-order valence-corrected chi connectivity index (χ0v) is 16.3. The number of hydrogen-bond donors (Lipinski definition) is 2. The molecule has 0 radical (unpaired) electrons. The van der Waals surface area contributed by atoms with Gasteiger partial charge in [-0.15, -0.1) is 10.2 Å². The third-order valence-electron chi connectivity index (χ3n) is 5.53. The van der Waals surface area contributed by atoms with Gasteiger partial charge in [-0.3, -0.25) is 0 Å². The highest BCUT2D eigenvalue weighted by atomic mass is 19.4. The number of benzene rings is 1. The maximum absolute atomic E-state index is 13.7. The standard InChI is InChI=1S/C20H17F6N3O2/c1-9-3-10(19(21,22)23)4-15(30)16(9)14-5-12-13(20(24,25)26)8-29(17(12)28-27-14)11-6-18(2,31)7-11/h3-5,8,11,30-31H,6-7H2,1-2H3. The molecule has 0 saturated heterocycles. The highest BCUT2D eigenvalue weighted by Gasteiger charge is 2.43. The number of hydrogen-bond acceptors (Lipinski definition) is 4. The van der Waals surface area contributed by atoms with Crippen molar-refractivity contribution in [2.45, 2.75) is 50.7 Å². The van der Waals surface area contributed by atoms with Crippen LogP contribution in [-0.2, 0) is 12.4 Å². The fourth-order valence-electron chi connectivity index (χ4n) is 4.09. The van der Waals surface area contributed by atoms with Crippen molar-refractivity contribution in [2.24, 2.45) is 0 Å². The number of aliphatic hydroxyl groups is 1. The van der Waals surface area contributed by atoms with Crippen LogP contribution in [0.3, 0.4) is 0 Å². The van der Waals surface area contributed by atoms with Crippen LogP contribution in [0.4, 0.5) is 26.3 Å². The van der Waals surface area contributed by atoms with Gasteiger partial charge in [-0.2, -0.15) is 26.3 Å². The zero-order chi connectivity index (χ0) is 22.9. The Hall–Kier alpha value is -2.82. The van der Waals surface area contributed by atoms with Crippen molar-refractivity contribution in [3.8, 4) is 17.0 Å². The van der Waals surface area contributed by atoms with Crippen LogP contribution in [0.5, 0.6) is 5.75 Å². The largest absolute Gasteiger partial charge is 0.507 e. The van der Waals surface area contributed by atoms with Gasteiger partial charge in [0.25, 0.3) is 0 Å². The molecule has 2 N–H and O–H groups in total. The summed E-state index contributed by atoms with van der Waals surface area (Å²) in [5, 5.41) is 27.6. The molecule has 2 heterocycles. The molecule has 4 rings (SSSR count). The predicted octanol–water partition coefficient (Wildman–Crippen LogP) is 5.24. The summed E-state index contributed by atoms with van der Waals surface area (Å²) in [7, 11) is 0. The van der Waals surface area contributed by atoms with Crippen LogP contribution in [0.15, 0.2) is 24.4 Å². The average Bonchev–Trinajstić information content (AvgIpc) is 2.97. The second kappa shape index (κ2) is 6.59. The van der Waals surface area contributed by atoms with Gasteiger partial charge >= 0.3 is 12.4 Å². The van der Waals surface area contributed by atoms with Crippen LogP contribution in [0.1, 0.15) is 42.5 Å². The lowest BCUT2D eigenvalue weighted by atomic mass is 9.77. The van der Waals surface area contributed by atoms with E-state index in [2.05, 4.69) is 10.2 Å². The summed E-state index contributed by atoms with van der Waals surface area (Å²) in [6, 6.07) is 1.96. The number of halogens is 6. The van der Waals surface area contributed by atoms with Gasteiger partial charge in [-0.05, 0) is 50.5 Å². The number of alkyl halides is 6. The van der Waals surface area contributed by atoms with E-state index in [1.54, 1.807) is 6.92 Å². The van der Waals surface area contributed by atoms with E-state index in [-0.39, 0.29) is 40.7 Å². The molecule has 2 aromatic heterocycles. The summed E-state index contributed by atoms with van der Waals surface area (Å²) in [6.07, 6.45) is -8.01. The first-order valence-electron chi connectivity index (χ1n) is 9.26. The molecule has 0 amide bonds. The van der Waals surface area contributed by atoms with Crippen molar-refractivity contribution in [1.29, 1.82) is 0 Å². The van der Waals surface area contributed by atoms with Gasteiger partial charge in [0.1, 0.15) is 5.75 Å². The first kappa shape index (κ1) is 21.4. The molecule has 11 heteroatoms. The second-order valence-electron chi connectivity index (χ2n) is 8.16. The number of aryl methyl sites for hydroxylation is 1. The minimum atomic E-state index is -4.71. The van der Waals surface area contributed by atoms with Gasteiger partial charge in [-0.25, -0.2) is 0 Å². The molecular formula is C20H17F6N3O2. The molecule has 5 nitrogen and oxygen atoms in total. The summed E-state index contributed by atoms with van der Waals surface area (Å²) in [6.45, 7) is 2.88. The summed E-state index contributed by atoms with van der Waals surface area (Å²) in [4.78, 5) is 0. The van der Waals surface area contributed by atoms with Crippen LogP contribution in [-0.4, -0.2) is 30.6 Å². The van der Waals surface area contributed by atoms with E-state index in [4.69, 9.17) is 0 Å². The molecule has 166 valence electrons. The summed E-state index contributed by atoms with van der Waals surface area (Å²) in [5.74, 6) is -0.760. The number of aromatic nitrogens is 3. The van der Waals surface area contributed by atoms with E-state index in [0.717, 1.165) is 18.3 Å². The van der Waals surface area contributed by atoms with Crippen molar-refractivity contribution < 1.29 is 36.6 Å². The lowest BCUT2D eigenvalue weighted by molar-refractivity contribution is -0.138. The summed E-state index contributed by atoms with van der Waals surface area (Å²) >= 11 is 0. The molecule has 0 unspecified atom stereocenters. The zero-order valence-electron chi connectivity index (χ0n) is 16.3. The fourth-order valence-corrected chi connectivity index (χ4v) is 4.09. The number of phenolic OH excluding ortho intramolecular Hbond substituents is 1. The lowest BCUT2D eigenvalue weighted by Crippen LogP contribution is -2.41. The molecule has 31 heavy (non-hydrogen) atoms. The monoisotopic (exact) mass is 445 g/mol. The third-order valence-corrected chi connectivity index (χ3v) is 5.53. The lowest BCUT2D eigenvalue weighted by Gasteiger charge is -2.41. The van der Waals surface area contributed by atoms with Crippen molar-refractivity contribution in [3.05, 3.63) is 41.1 Å². The fraction of sp³-hybridized carbons (Fsp3) is 0.400. The van der Waals surface area contributed by atoms with Gasteiger partial charge in [0, 0.05) is 23.2 Å². The van der Waals surface area contributed by atoms with Gasteiger partial charge in [0.05, 0.1) is 22.4 Å². The van der Waals surface area contributed by atoms with Crippen LogP contribution >= 0.6 is 0 Å². The van der Waals surface area contributed by atoms with E-state index in [0.29, 0.717) is 6.07 Å². The molecule has 0 atom stereocenters. The van der Waals surface area contributed by atoms with Crippen LogP contribution in [0.2, 0.25) is 0 Å². The smallest absolute Gasteiger partial charge is 0.418 e. The molecular weight excluding hydrogens is 428 g/mol. The first-order valence-corrected chi connectivity index (χ1v) is 9.26. The van der Waals surface area contributed by atoms with E-state index in [9.17, 15) is 36.6 Å². The van der Waals surface area contributed by atoms with Crippen molar-refractivity contribution in [2.75, 3.05) is 0 Å². The first-order chi connectivity index (χ1) is 14.2. The topological polar surface area (TPSA) is 71.2 Å². The Morgan fingerprint density at radius 2 is 1.68 bits per heavy atom. The minimum Gasteiger partial charge on any atom is -0.507 e. The normalized spacial score (nSPS) is 22.0. The second-order valence-corrected chi connectivity index (χ2v) is 8.16. The number of fused-ring (bicyclic) bond motifs is 1. The molecule has 1 aromatic carbocycles. The molecule has 1 aliphatic carbocycles. The Kier molecular flexibility index (Phi) is 4.55. The van der Waals surface area contributed by atoms with E-state index >= 15 is 0 Å². The van der Waals surface area contributed by atoms with Crippen LogP contribution < -0.4 is 0 Å². The number of nitrogens with zero attached hydrogens (tertiary/aromatic N) is 3. The summed E-state index contributed by atoms with van der Waals surface area (Å²) < 4.78 is 81.2. The number of phenols is 1. The molecule has 0 bridgehead atoms. The molecule has 1 aliphatic rings. The van der Waals surface area contributed by atoms with Crippen molar-refractivity contribution >= 4 is 11.0 Å². The van der Waals surface area contributed by atoms with E-state index in [1.165, 1.54) is 11.5 Å². The van der Waals surface area contributed by atoms with Gasteiger partial charge in [0.2, 0.25) is 0 Å². The highest BCUT2D eigenvalue weighted by molar-refractivity contribution is 5.86. The van der Waals surface area contributed by atoms with Gasteiger partial charge in [-0.1, -0.05) is 0 Å². The number of aromatic hydroxyl groups is 1. The Morgan fingerprint density at radius 1 is 1.03 bits per heavy atom. The molecule has 0 aliphatic heterocycles. The van der Waals surface area contributed by atoms with E-state index < -0.39 is 40.9 Å². The maximum atomic E-state index is 13.7. The van der Waals surface area contributed by atoms with Crippen LogP contribution in [0.25, 0.3) is 22.3 Å². The van der Waals surface area contributed by atoms with Crippen molar-refractivity contribution in [1.82, 2.24) is 14.8 Å². The maximum Gasteiger partial charge on any atom is 0.418 e. The quantitative estimate of drug-likeness (QED) is 0.530. The average molecular weight is 445 g/mol. The third kappa shape index (κ3) is 3.71. The molecule has 3 aromatic rings. The molecule has 0 spiro atoms. The minimum absolute atomic E-state index is 0.0102. The Bertz CT molecular complexity index is 1150. The van der Waals surface area contributed by atoms with Crippen LogP contribution in [0, 0.1) is 6.92 Å². The summed E-state index contributed by atoms with van der Waals surface area (Å²) in [5.41, 5.74) is -3.41.